The van der Waals surface area contributed by atoms with Crippen molar-refractivity contribution in [3.8, 4) is 5.75 Å². The number of carbonyl (C=O) groups is 1. The summed E-state index contributed by atoms with van der Waals surface area (Å²) >= 11 is 1.60. The summed E-state index contributed by atoms with van der Waals surface area (Å²) in [5, 5.41) is 7.63. The lowest BCUT2D eigenvalue weighted by Gasteiger charge is -2.23. The minimum absolute atomic E-state index is 0.119. The molecular weight excluding hydrogens is 418 g/mol. The molecule has 2 aromatic heterocycles. The van der Waals surface area contributed by atoms with Gasteiger partial charge in [0.1, 0.15) is 10.8 Å². The van der Waals surface area contributed by atoms with E-state index in [1.54, 1.807) is 30.8 Å². The summed E-state index contributed by atoms with van der Waals surface area (Å²) in [7, 11) is 1.65. The van der Waals surface area contributed by atoms with Gasteiger partial charge in [0.2, 0.25) is 0 Å². The highest BCUT2D eigenvalue weighted by molar-refractivity contribution is 7.16. The Hall–Kier alpha value is -3.64. The van der Waals surface area contributed by atoms with Gasteiger partial charge in [-0.25, -0.2) is 0 Å². The highest BCUT2D eigenvalue weighted by atomic mass is 32.1. The highest BCUT2D eigenvalue weighted by Gasteiger charge is 2.25. The lowest BCUT2D eigenvalue weighted by molar-refractivity contribution is 0.102. The van der Waals surface area contributed by atoms with Crippen molar-refractivity contribution in [2.45, 2.75) is 19.9 Å². The van der Waals surface area contributed by atoms with Crippen molar-refractivity contribution in [2.75, 3.05) is 17.7 Å². The van der Waals surface area contributed by atoms with Crippen LogP contribution >= 0.6 is 11.3 Å². The number of methoxy groups -OCH3 is 1. The average molecular weight is 444 g/mol. The quantitative estimate of drug-likeness (QED) is 0.356. The molecule has 32 heavy (non-hydrogen) atoms. The maximum atomic E-state index is 12.9. The number of hydrogen-bond donors (Lipinski definition) is 2. The second-order valence-corrected chi connectivity index (χ2v) is 8.66. The van der Waals surface area contributed by atoms with E-state index in [2.05, 4.69) is 29.5 Å². The Morgan fingerprint density at radius 1 is 0.969 bits per heavy atom. The zero-order valence-electron chi connectivity index (χ0n) is 18.3. The van der Waals surface area contributed by atoms with Crippen molar-refractivity contribution in [3.05, 3.63) is 106 Å². The summed E-state index contributed by atoms with van der Waals surface area (Å²) in [6.45, 7) is 4.18. The molecule has 0 radical (unpaired) electrons. The van der Waals surface area contributed by atoms with Crippen LogP contribution < -0.4 is 15.4 Å². The Bertz CT molecular complexity index is 1190. The number of rotatable bonds is 7. The summed E-state index contributed by atoms with van der Waals surface area (Å²) in [6, 6.07) is 20.9. The van der Waals surface area contributed by atoms with Crippen LogP contribution in [0.2, 0.25) is 0 Å². The minimum Gasteiger partial charge on any atom is -0.497 e. The molecule has 4 rings (SSSR count). The summed E-state index contributed by atoms with van der Waals surface area (Å²) in [5.41, 5.74) is 4.86. The van der Waals surface area contributed by atoms with E-state index >= 15 is 0 Å². The molecule has 0 spiro atoms. The Kier molecular flexibility index (Phi) is 6.52. The van der Waals surface area contributed by atoms with Crippen LogP contribution in [0.5, 0.6) is 5.75 Å². The monoisotopic (exact) mass is 443 g/mol. The number of aryl methyl sites for hydroxylation is 1. The van der Waals surface area contributed by atoms with Gasteiger partial charge in [0.05, 0.1) is 13.2 Å². The zero-order chi connectivity index (χ0) is 22.5. The molecule has 1 atom stereocenters. The topological polar surface area (TPSA) is 63.2 Å². The molecule has 0 aliphatic heterocycles. The smallest absolute Gasteiger partial charge is 0.256 e. The number of amides is 1. The minimum atomic E-state index is -0.164. The van der Waals surface area contributed by atoms with Crippen molar-refractivity contribution in [1.29, 1.82) is 0 Å². The Morgan fingerprint density at radius 2 is 1.66 bits per heavy atom. The lowest BCUT2D eigenvalue weighted by Crippen LogP contribution is -2.17. The Labute approximate surface area is 192 Å². The molecule has 0 aliphatic carbocycles. The van der Waals surface area contributed by atoms with Crippen LogP contribution in [0.15, 0.2) is 79.1 Å². The molecule has 0 saturated heterocycles. The van der Waals surface area contributed by atoms with Crippen molar-refractivity contribution >= 4 is 27.9 Å². The van der Waals surface area contributed by atoms with Crippen LogP contribution in [0.3, 0.4) is 0 Å². The number of hydrogen-bond acceptors (Lipinski definition) is 5. The van der Waals surface area contributed by atoms with E-state index in [-0.39, 0.29) is 11.9 Å². The molecule has 0 fully saturated rings. The number of nitrogens with zero attached hydrogens (tertiary/aromatic N) is 1. The van der Waals surface area contributed by atoms with Gasteiger partial charge in [0, 0.05) is 34.1 Å². The van der Waals surface area contributed by atoms with Crippen molar-refractivity contribution in [3.63, 3.8) is 0 Å². The first-order valence-corrected chi connectivity index (χ1v) is 11.1. The van der Waals surface area contributed by atoms with Gasteiger partial charge in [-0.3, -0.25) is 9.78 Å². The molecule has 1 amide bonds. The van der Waals surface area contributed by atoms with Crippen LogP contribution in [0.4, 0.5) is 10.7 Å². The largest absolute Gasteiger partial charge is 0.497 e. The number of benzene rings is 2. The number of pyridine rings is 1. The molecule has 162 valence electrons. The molecule has 0 bridgehead atoms. The number of aromatic nitrogens is 1. The molecule has 0 saturated carbocycles. The van der Waals surface area contributed by atoms with Crippen molar-refractivity contribution in [1.82, 2.24) is 4.98 Å². The summed E-state index contributed by atoms with van der Waals surface area (Å²) in [4.78, 5) is 18.3. The Morgan fingerprint density at radius 3 is 2.31 bits per heavy atom. The fourth-order valence-electron chi connectivity index (χ4n) is 3.58. The van der Waals surface area contributed by atoms with Crippen LogP contribution in [-0.4, -0.2) is 18.0 Å². The van der Waals surface area contributed by atoms with Crippen LogP contribution in [0.1, 0.15) is 38.0 Å². The maximum Gasteiger partial charge on any atom is 0.256 e. The van der Waals surface area contributed by atoms with E-state index in [4.69, 9.17) is 4.74 Å². The number of carbonyl (C=O) groups excluding carboxylic acids is 1. The Balaban J connectivity index is 1.74. The molecule has 5 nitrogen and oxygen atoms in total. The predicted molar refractivity (Wildman–Crippen MR) is 131 cm³/mol. The molecule has 4 aromatic rings. The van der Waals surface area contributed by atoms with E-state index in [1.165, 1.54) is 4.88 Å². The van der Waals surface area contributed by atoms with Crippen LogP contribution in [0.25, 0.3) is 0 Å². The van der Waals surface area contributed by atoms with Crippen molar-refractivity contribution < 1.29 is 9.53 Å². The van der Waals surface area contributed by atoms with E-state index in [9.17, 15) is 4.79 Å². The summed E-state index contributed by atoms with van der Waals surface area (Å²) in [6.07, 6.45) is 3.57. The van der Waals surface area contributed by atoms with Gasteiger partial charge < -0.3 is 15.4 Å². The maximum absolute atomic E-state index is 12.9. The van der Waals surface area contributed by atoms with Crippen LogP contribution in [-0.2, 0) is 0 Å². The van der Waals surface area contributed by atoms with Crippen LogP contribution in [0, 0.1) is 13.8 Å². The molecule has 2 heterocycles. The standard InChI is InChI=1S/C26H25N3O2S/c1-17-18(2)32-26(29-25(30)20-7-5-4-6-8-20)23(17)24(19-13-15-27-16-14-19)28-21-9-11-22(31-3)12-10-21/h4-16,24,28H,1-3H3,(H,29,30)/t24-/m1/s1. The van der Waals surface area contributed by atoms with Gasteiger partial charge >= 0.3 is 0 Å². The van der Waals surface area contributed by atoms with Gasteiger partial charge in [-0.1, -0.05) is 18.2 Å². The second-order valence-electron chi connectivity index (χ2n) is 7.43. The molecule has 2 N–H and O–H groups in total. The molecule has 0 aliphatic rings. The zero-order valence-corrected chi connectivity index (χ0v) is 19.1. The SMILES string of the molecule is COc1ccc(N[C@H](c2ccncc2)c2c(NC(=O)c3ccccc3)sc(C)c2C)cc1. The number of ether oxygens (including phenoxy) is 1. The average Bonchev–Trinajstić information content (AvgIpc) is 3.11. The highest BCUT2D eigenvalue weighted by Crippen LogP contribution is 2.41. The van der Waals surface area contributed by atoms with Gasteiger partial charge in [-0.05, 0) is 73.5 Å². The van der Waals surface area contributed by atoms with E-state index < -0.39 is 0 Å². The first-order valence-electron chi connectivity index (χ1n) is 10.3. The predicted octanol–water partition coefficient (Wildman–Crippen LogP) is 6.22. The van der Waals surface area contributed by atoms with E-state index in [0.717, 1.165) is 33.1 Å². The first-order chi connectivity index (χ1) is 15.6. The summed E-state index contributed by atoms with van der Waals surface area (Å²) in [5.74, 6) is 0.681. The molecule has 6 heteroatoms. The van der Waals surface area contributed by atoms with Gasteiger partial charge in [0.25, 0.3) is 5.91 Å². The second kappa shape index (κ2) is 9.66. The molecular formula is C26H25N3O2S. The number of thiophene rings is 1. The van der Waals surface area contributed by atoms with Gasteiger partial charge in [-0.2, -0.15) is 0 Å². The molecule has 0 unspecified atom stereocenters. The first kappa shape index (κ1) is 21.6. The van der Waals surface area contributed by atoms with E-state index in [0.29, 0.717) is 5.56 Å². The third-order valence-corrected chi connectivity index (χ3v) is 6.56. The normalized spacial score (nSPS) is 11.6. The fourth-order valence-corrected chi connectivity index (χ4v) is 4.68. The summed E-state index contributed by atoms with van der Waals surface area (Å²) < 4.78 is 5.29. The molecule has 2 aromatic carbocycles. The third-order valence-electron chi connectivity index (χ3n) is 5.42. The van der Waals surface area contributed by atoms with Gasteiger partial charge in [0.15, 0.2) is 0 Å². The number of anilines is 2. The van der Waals surface area contributed by atoms with Crippen molar-refractivity contribution in [2.24, 2.45) is 0 Å². The number of nitrogens with one attached hydrogen (secondary N) is 2. The lowest BCUT2D eigenvalue weighted by atomic mass is 9.96. The van der Waals surface area contributed by atoms with Gasteiger partial charge in [-0.15, -0.1) is 11.3 Å². The fraction of sp³-hybridized carbons (Fsp3) is 0.154. The van der Waals surface area contributed by atoms with E-state index in [1.807, 2.05) is 66.7 Å². The third kappa shape index (κ3) is 4.65.